The minimum absolute atomic E-state index is 0.244. The van der Waals surface area contributed by atoms with Crippen molar-refractivity contribution < 1.29 is 14.7 Å². The predicted octanol–water partition coefficient (Wildman–Crippen LogP) is 3.38. The molecule has 0 fully saturated rings. The summed E-state index contributed by atoms with van der Waals surface area (Å²) in [6.45, 7) is 2.08. The number of nitrogens with one attached hydrogen (secondary N) is 2. The van der Waals surface area contributed by atoms with Gasteiger partial charge in [-0.05, 0) is 36.1 Å². The predicted molar refractivity (Wildman–Crippen MR) is 108 cm³/mol. The van der Waals surface area contributed by atoms with Crippen LogP contribution in [0.5, 0.6) is 0 Å². The lowest BCUT2D eigenvalue weighted by atomic mass is 10.1. The van der Waals surface area contributed by atoms with Crippen LogP contribution in [0.4, 0.5) is 0 Å². The fourth-order valence-corrected chi connectivity index (χ4v) is 4.32. The average Bonchev–Trinajstić information content (AvgIpc) is 3.38. The van der Waals surface area contributed by atoms with E-state index >= 15 is 0 Å². The molecule has 7 heteroatoms. The zero-order valence-corrected chi connectivity index (χ0v) is 16.3. The average molecular weight is 401 g/mol. The number of carbonyl (C=O) groups excluding carboxylic acids is 2. The van der Waals surface area contributed by atoms with E-state index in [0.29, 0.717) is 0 Å². The molecule has 140 valence electrons. The summed E-state index contributed by atoms with van der Waals surface area (Å²) in [5.41, 5.74) is 0.934. The number of carbonyl (C=O) groups is 2. The Bertz CT molecular complexity index is 891. The molecule has 27 heavy (non-hydrogen) atoms. The highest BCUT2D eigenvalue weighted by molar-refractivity contribution is 7.12. The van der Waals surface area contributed by atoms with Crippen molar-refractivity contribution in [2.45, 2.75) is 25.6 Å². The Labute approximate surface area is 165 Å². The third-order valence-corrected chi connectivity index (χ3v) is 6.10. The fourth-order valence-electron chi connectivity index (χ4n) is 2.56. The summed E-state index contributed by atoms with van der Waals surface area (Å²) in [5.74, 6) is -1.34. The second-order valence-electron chi connectivity index (χ2n) is 6.01. The normalized spacial score (nSPS) is 13.0. The molecular weight excluding hydrogens is 380 g/mol. The molecule has 5 nitrogen and oxygen atoms in total. The smallest absolute Gasteiger partial charge is 0.309 e. The molecule has 0 saturated carbocycles. The standard InChI is InChI=1S/C20H20N2O3S2/c1-13(14-6-3-2-4-7-14)22-20(25)19(24)21-12-15-9-10-17(27-15)18(23)16-8-5-11-26-16/h2-11,13,18,23H,12H2,1H3,(H,21,24)(H,22,25)/t13-,18+/m1/s1. The molecule has 0 unspecified atom stereocenters. The van der Waals surface area contributed by atoms with Gasteiger partial charge in [0, 0.05) is 14.6 Å². The molecule has 0 radical (unpaired) electrons. The first kappa shape index (κ1) is 19.3. The summed E-state index contributed by atoms with van der Waals surface area (Å²) < 4.78 is 0. The lowest BCUT2D eigenvalue weighted by Crippen LogP contribution is -2.40. The molecule has 3 rings (SSSR count). The van der Waals surface area contributed by atoms with Gasteiger partial charge in [-0.3, -0.25) is 9.59 Å². The quantitative estimate of drug-likeness (QED) is 0.555. The van der Waals surface area contributed by atoms with Gasteiger partial charge in [-0.1, -0.05) is 36.4 Å². The molecule has 2 atom stereocenters. The summed E-state index contributed by atoms with van der Waals surface area (Å²) in [6, 6.07) is 16.7. The van der Waals surface area contributed by atoms with Crippen molar-refractivity contribution in [3.8, 4) is 0 Å². The molecule has 0 aliphatic heterocycles. The lowest BCUT2D eigenvalue weighted by molar-refractivity contribution is -0.139. The second-order valence-corrected chi connectivity index (χ2v) is 8.19. The van der Waals surface area contributed by atoms with E-state index in [-0.39, 0.29) is 12.6 Å². The van der Waals surface area contributed by atoms with E-state index in [1.807, 2.05) is 66.9 Å². The number of aliphatic hydroxyl groups excluding tert-OH is 1. The molecule has 3 aromatic rings. The topological polar surface area (TPSA) is 78.4 Å². The third kappa shape index (κ3) is 5.03. The third-order valence-electron chi connectivity index (χ3n) is 4.04. The number of hydrogen-bond donors (Lipinski definition) is 3. The number of thiophene rings is 2. The number of benzene rings is 1. The Kier molecular flexibility index (Phi) is 6.39. The molecule has 3 N–H and O–H groups in total. The summed E-state index contributed by atoms with van der Waals surface area (Å²) >= 11 is 2.91. The maximum Gasteiger partial charge on any atom is 0.309 e. The largest absolute Gasteiger partial charge is 0.382 e. The highest BCUT2D eigenvalue weighted by atomic mass is 32.1. The maximum absolute atomic E-state index is 12.1. The van der Waals surface area contributed by atoms with Gasteiger partial charge < -0.3 is 15.7 Å². The molecule has 2 amide bonds. The van der Waals surface area contributed by atoms with Gasteiger partial charge >= 0.3 is 11.8 Å². The highest BCUT2D eigenvalue weighted by Gasteiger charge is 2.18. The Morgan fingerprint density at radius 3 is 2.48 bits per heavy atom. The van der Waals surface area contributed by atoms with Gasteiger partial charge in [0.2, 0.25) is 0 Å². The van der Waals surface area contributed by atoms with Crippen molar-refractivity contribution >= 4 is 34.5 Å². The number of hydrogen-bond acceptors (Lipinski definition) is 5. The van der Waals surface area contributed by atoms with E-state index in [2.05, 4.69) is 10.6 Å². The van der Waals surface area contributed by atoms with Crippen molar-refractivity contribution in [2.75, 3.05) is 0 Å². The summed E-state index contributed by atoms with van der Waals surface area (Å²) in [7, 11) is 0. The van der Waals surface area contributed by atoms with E-state index in [1.54, 1.807) is 0 Å². The molecule has 0 aliphatic rings. The maximum atomic E-state index is 12.1. The Hall–Kier alpha value is -2.48. The molecule has 1 aromatic carbocycles. The van der Waals surface area contributed by atoms with E-state index in [9.17, 15) is 14.7 Å². The summed E-state index contributed by atoms with van der Waals surface area (Å²) in [4.78, 5) is 26.7. The van der Waals surface area contributed by atoms with Crippen molar-refractivity contribution in [1.82, 2.24) is 10.6 Å². The van der Waals surface area contributed by atoms with Gasteiger partial charge in [0.15, 0.2) is 0 Å². The van der Waals surface area contributed by atoms with Gasteiger partial charge in [0.05, 0.1) is 12.6 Å². The van der Waals surface area contributed by atoms with E-state index < -0.39 is 17.9 Å². The zero-order valence-electron chi connectivity index (χ0n) is 14.7. The van der Waals surface area contributed by atoms with Gasteiger partial charge in [-0.25, -0.2) is 0 Å². The van der Waals surface area contributed by atoms with Crippen LogP contribution in [0.2, 0.25) is 0 Å². The minimum Gasteiger partial charge on any atom is -0.382 e. The molecule has 2 heterocycles. The Balaban J connectivity index is 1.51. The molecule has 0 saturated heterocycles. The van der Waals surface area contributed by atoms with E-state index in [4.69, 9.17) is 0 Å². The molecular formula is C20H20N2O3S2. The van der Waals surface area contributed by atoms with Crippen LogP contribution in [0.1, 0.15) is 39.3 Å². The van der Waals surface area contributed by atoms with Gasteiger partial charge in [0.25, 0.3) is 0 Å². The highest BCUT2D eigenvalue weighted by Crippen LogP contribution is 2.30. The molecule has 0 spiro atoms. The molecule has 0 bridgehead atoms. The summed E-state index contributed by atoms with van der Waals surface area (Å²) in [6.07, 6.45) is -0.658. The molecule has 0 aliphatic carbocycles. The first-order valence-electron chi connectivity index (χ1n) is 8.48. The monoisotopic (exact) mass is 400 g/mol. The first-order valence-corrected chi connectivity index (χ1v) is 10.2. The van der Waals surface area contributed by atoms with Crippen molar-refractivity contribution in [3.05, 3.63) is 80.2 Å². The van der Waals surface area contributed by atoms with Crippen molar-refractivity contribution in [2.24, 2.45) is 0 Å². The van der Waals surface area contributed by atoms with Crippen molar-refractivity contribution in [3.63, 3.8) is 0 Å². The minimum atomic E-state index is -0.675. The van der Waals surface area contributed by atoms with Crippen LogP contribution in [-0.4, -0.2) is 16.9 Å². The SMILES string of the molecule is C[C@@H](NC(=O)C(=O)NCc1ccc([C@@H](O)c2cccs2)s1)c1ccccc1. The summed E-state index contributed by atoms with van der Waals surface area (Å²) in [5, 5.41) is 17.6. The number of aliphatic hydroxyl groups is 1. The second kappa shape index (κ2) is 8.94. The number of amides is 2. The van der Waals surface area contributed by atoms with E-state index in [1.165, 1.54) is 22.7 Å². The molecule has 2 aromatic heterocycles. The van der Waals surface area contributed by atoms with Gasteiger partial charge in [-0.15, -0.1) is 22.7 Å². The Morgan fingerprint density at radius 1 is 1.00 bits per heavy atom. The van der Waals surface area contributed by atoms with E-state index in [0.717, 1.165) is 20.2 Å². The van der Waals surface area contributed by atoms with Crippen LogP contribution in [0.25, 0.3) is 0 Å². The fraction of sp³-hybridized carbons (Fsp3) is 0.200. The van der Waals surface area contributed by atoms with Gasteiger partial charge in [-0.2, -0.15) is 0 Å². The van der Waals surface area contributed by atoms with Crippen LogP contribution in [-0.2, 0) is 16.1 Å². The van der Waals surface area contributed by atoms with Crippen LogP contribution >= 0.6 is 22.7 Å². The van der Waals surface area contributed by atoms with Crippen molar-refractivity contribution in [1.29, 1.82) is 0 Å². The van der Waals surface area contributed by atoms with Gasteiger partial charge in [0.1, 0.15) is 6.10 Å². The Morgan fingerprint density at radius 2 is 1.78 bits per heavy atom. The van der Waals surface area contributed by atoms with Crippen LogP contribution in [0.15, 0.2) is 60.0 Å². The first-order chi connectivity index (χ1) is 13.0. The van der Waals surface area contributed by atoms with Crippen LogP contribution in [0.3, 0.4) is 0 Å². The van der Waals surface area contributed by atoms with Crippen LogP contribution < -0.4 is 10.6 Å². The number of rotatable bonds is 6. The van der Waals surface area contributed by atoms with Crippen LogP contribution in [0, 0.1) is 0 Å². The lowest BCUT2D eigenvalue weighted by Gasteiger charge is -2.13. The zero-order chi connectivity index (χ0) is 19.2.